The molecule has 0 bridgehead atoms. The molecule has 0 N–H and O–H groups in total. The minimum atomic E-state index is -0.829. The maximum atomic E-state index is 14.5. The average molecular weight is 666 g/mol. The van der Waals surface area contributed by atoms with Crippen LogP contribution in [0.1, 0.15) is 57.8 Å². The Bertz CT molecular complexity index is 1880. The summed E-state index contributed by atoms with van der Waals surface area (Å²) in [5.74, 6) is -0.868. The van der Waals surface area contributed by atoms with Crippen molar-refractivity contribution in [3.63, 3.8) is 0 Å². The van der Waals surface area contributed by atoms with Gasteiger partial charge >= 0.3 is 11.9 Å². The van der Waals surface area contributed by atoms with Crippen molar-refractivity contribution < 1.29 is 42.8 Å². The highest BCUT2D eigenvalue weighted by atomic mass is 16.7. The molecule has 49 heavy (non-hydrogen) atoms. The molecule has 1 amide bonds. The first-order chi connectivity index (χ1) is 23.7. The normalized spacial score (nSPS) is 17.2. The van der Waals surface area contributed by atoms with E-state index in [2.05, 4.69) is 0 Å². The lowest BCUT2D eigenvalue weighted by Crippen LogP contribution is -2.32. The van der Waals surface area contributed by atoms with Crippen LogP contribution in [-0.4, -0.2) is 71.1 Å². The highest BCUT2D eigenvalue weighted by molar-refractivity contribution is 5.98. The standard InChI is InChI=1S/C39H39NO9/c1-6-17-46-25-13-15-28-31(20-25)36(27-14-12-24(44-4)19-30(27)26-9-7-8-10-29(26)38(42)45-5)37(39(43)47-21-34(41)40(2)3)35(28)23-11-16-32-33(18-23)49-22-48-32/h7-16,18-20,35-37H,6,17,21-22H2,1-5H3. The third-order valence-corrected chi connectivity index (χ3v) is 9.00. The maximum Gasteiger partial charge on any atom is 0.338 e. The lowest BCUT2D eigenvalue weighted by Gasteiger charge is -2.27. The van der Waals surface area contributed by atoms with E-state index in [1.54, 1.807) is 33.3 Å². The van der Waals surface area contributed by atoms with Crippen molar-refractivity contribution in [2.75, 3.05) is 48.3 Å². The van der Waals surface area contributed by atoms with Gasteiger partial charge in [-0.15, -0.1) is 0 Å². The molecular formula is C39H39NO9. The van der Waals surface area contributed by atoms with Gasteiger partial charge in [-0.2, -0.15) is 0 Å². The Hall–Kier alpha value is -5.51. The van der Waals surface area contributed by atoms with Gasteiger partial charge < -0.3 is 33.3 Å². The summed E-state index contributed by atoms with van der Waals surface area (Å²) in [5, 5.41) is 0. The number of rotatable bonds is 11. The molecule has 1 aliphatic carbocycles. The van der Waals surface area contributed by atoms with Crippen molar-refractivity contribution in [3.8, 4) is 34.1 Å². The van der Waals surface area contributed by atoms with E-state index >= 15 is 0 Å². The molecule has 1 aliphatic heterocycles. The SMILES string of the molecule is CCCOc1ccc2c(c1)C(c1ccc(OC)cc1-c1ccccc1C(=O)OC)C(C(=O)OCC(=O)N(C)C)C2c1ccc2c(c1)OCO2. The zero-order valence-electron chi connectivity index (χ0n) is 28.2. The second kappa shape index (κ2) is 14.3. The largest absolute Gasteiger partial charge is 0.497 e. The topological polar surface area (TPSA) is 110 Å². The molecule has 6 rings (SSSR count). The van der Waals surface area contributed by atoms with Crippen LogP contribution in [0.3, 0.4) is 0 Å². The molecule has 4 aromatic carbocycles. The second-order valence-electron chi connectivity index (χ2n) is 12.1. The number of methoxy groups -OCH3 is 2. The maximum absolute atomic E-state index is 14.5. The summed E-state index contributed by atoms with van der Waals surface area (Å²) in [6.07, 6.45) is 0.822. The second-order valence-corrected chi connectivity index (χ2v) is 12.1. The molecule has 254 valence electrons. The van der Waals surface area contributed by atoms with Gasteiger partial charge in [0.15, 0.2) is 18.1 Å². The average Bonchev–Trinajstić information content (AvgIpc) is 3.74. The molecule has 0 radical (unpaired) electrons. The summed E-state index contributed by atoms with van der Waals surface area (Å²) in [6.45, 7) is 2.25. The van der Waals surface area contributed by atoms with Crippen LogP contribution in [0.5, 0.6) is 23.0 Å². The van der Waals surface area contributed by atoms with Crippen LogP contribution in [-0.2, 0) is 19.1 Å². The molecule has 3 unspecified atom stereocenters. The number of fused-ring (bicyclic) bond motifs is 2. The van der Waals surface area contributed by atoms with Gasteiger partial charge in [0.05, 0.1) is 32.3 Å². The Morgan fingerprint density at radius 1 is 0.796 bits per heavy atom. The van der Waals surface area contributed by atoms with Crippen LogP contribution in [0.25, 0.3) is 11.1 Å². The first kappa shape index (κ1) is 33.4. The number of amides is 1. The van der Waals surface area contributed by atoms with Crippen LogP contribution in [0, 0.1) is 5.92 Å². The number of likely N-dealkylation sites (N-methyl/N-ethyl adjacent to an activating group) is 1. The Kier molecular flexibility index (Phi) is 9.75. The minimum absolute atomic E-state index is 0.105. The summed E-state index contributed by atoms with van der Waals surface area (Å²) >= 11 is 0. The van der Waals surface area contributed by atoms with Gasteiger partial charge in [0.1, 0.15) is 11.5 Å². The number of carbonyl (C=O) groups excluding carboxylic acids is 3. The van der Waals surface area contributed by atoms with Gasteiger partial charge in [-0.25, -0.2) is 4.79 Å². The molecule has 4 aromatic rings. The summed E-state index contributed by atoms with van der Waals surface area (Å²) in [7, 11) is 6.14. The Morgan fingerprint density at radius 2 is 1.55 bits per heavy atom. The number of hydrogen-bond acceptors (Lipinski definition) is 9. The molecule has 3 atom stereocenters. The van der Waals surface area contributed by atoms with E-state index in [-0.39, 0.29) is 12.7 Å². The number of nitrogens with zero attached hydrogens (tertiary/aromatic N) is 1. The number of hydrogen-bond donors (Lipinski definition) is 0. The van der Waals surface area contributed by atoms with Crippen LogP contribution in [0.15, 0.2) is 78.9 Å². The molecule has 0 spiro atoms. The highest BCUT2D eigenvalue weighted by Crippen LogP contribution is 2.56. The van der Waals surface area contributed by atoms with Gasteiger partial charge in [-0.1, -0.05) is 43.3 Å². The molecule has 2 aliphatic rings. The van der Waals surface area contributed by atoms with E-state index < -0.39 is 36.3 Å². The van der Waals surface area contributed by atoms with E-state index in [1.807, 2.05) is 73.7 Å². The van der Waals surface area contributed by atoms with Gasteiger partial charge in [-0.05, 0) is 82.3 Å². The Labute approximate surface area is 285 Å². The van der Waals surface area contributed by atoms with Crippen LogP contribution < -0.4 is 18.9 Å². The van der Waals surface area contributed by atoms with Crippen molar-refractivity contribution in [2.45, 2.75) is 25.2 Å². The van der Waals surface area contributed by atoms with Crippen molar-refractivity contribution in [1.29, 1.82) is 0 Å². The van der Waals surface area contributed by atoms with E-state index in [4.69, 9.17) is 28.4 Å². The number of ether oxygens (including phenoxy) is 6. The third kappa shape index (κ3) is 6.50. The van der Waals surface area contributed by atoms with Crippen LogP contribution >= 0.6 is 0 Å². The molecule has 1 heterocycles. The highest BCUT2D eigenvalue weighted by Gasteiger charge is 2.48. The monoisotopic (exact) mass is 665 g/mol. The Balaban J connectivity index is 1.60. The molecular weight excluding hydrogens is 626 g/mol. The lowest BCUT2D eigenvalue weighted by molar-refractivity contribution is -0.155. The fourth-order valence-electron chi connectivity index (χ4n) is 6.65. The van der Waals surface area contributed by atoms with Crippen LogP contribution in [0.2, 0.25) is 0 Å². The van der Waals surface area contributed by atoms with E-state index in [1.165, 1.54) is 12.0 Å². The molecule has 0 saturated carbocycles. The van der Waals surface area contributed by atoms with E-state index in [0.717, 1.165) is 28.7 Å². The van der Waals surface area contributed by atoms with Crippen molar-refractivity contribution in [3.05, 3.63) is 107 Å². The summed E-state index contributed by atoms with van der Waals surface area (Å²) in [6, 6.07) is 24.3. The first-order valence-electron chi connectivity index (χ1n) is 16.1. The van der Waals surface area contributed by atoms with Crippen molar-refractivity contribution in [2.24, 2.45) is 5.92 Å². The number of carbonyl (C=O) groups is 3. The zero-order chi connectivity index (χ0) is 34.7. The quantitative estimate of drug-likeness (QED) is 0.173. The predicted octanol–water partition coefficient (Wildman–Crippen LogP) is 6.19. The predicted molar refractivity (Wildman–Crippen MR) is 181 cm³/mol. The molecule has 10 heteroatoms. The number of esters is 2. The summed E-state index contributed by atoms with van der Waals surface area (Å²) < 4.78 is 34.1. The van der Waals surface area contributed by atoms with Gasteiger partial charge in [0.2, 0.25) is 6.79 Å². The third-order valence-electron chi connectivity index (χ3n) is 9.00. The van der Waals surface area contributed by atoms with Gasteiger partial charge in [0, 0.05) is 25.9 Å². The summed E-state index contributed by atoms with van der Waals surface area (Å²) in [4.78, 5) is 41.6. The van der Waals surface area contributed by atoms with Gasteiger partial charge in [-0.3, -0.25) is 9.59 Å². The number of benzene rings is 4. The Morgan fingerprint density at radius 3 is 2.31 bits per heavy atom. The molecule has 0 saturated heterocycles. The fourth-order valence-corrected chi connectivity index (χ4v) is 6.65. The molecule has 0 aromatic heterocycles. The van der Waals surface area contributed by atoms with Crippen LogP contribution in [0.4, 0.5) is 0 Å². The van der Waals surface area contributed by atoms with Crippen molar-refractivity contribution >= 4 is 17.8 Å². The van der Waals surface area contributed by atoms with Gasteiger partial charge in [0.25, 0.3) is 5.91 Å². The van der Waals surface area contributed by atoms with E-state index in [9.17, 15) is 14.4 Å². The molecule has 10 nitrogen and oxygen atoms in total. The summed E-state index contributed by atoms with van der Waals surface area (Å²) in [5.41, 5.74) is 5.00. The zero-order valence-corrected chi connectivity index (χ0v) is 28.2. The van der Waals surface area contributed by atoms with Crippen molar-refractivity contribution in [1.82, 2.24) is 4.90 Å². The fraction of sp³-hybridized carbons (Fsp3) is 0.308. The lowest BCUT2D eigenvalue weighted by atomic mass is 9.77. The van der Waals surface area contributed by atoms with E-state index in [0.29, 0.717) is 46.3 Å². The molecule has 0 fully saturated rings. The first-order valence-corrected chi connectivity index (χ1v) is 16.1. The smallest absolute Gasteiger partial charge is 0.338 e. The minimum Gasteiger partial charge on any atom is -0.497 e.